The number of aliphatic imine (C=N–C) groups is 1. The topological polar surface area (TPSA) is 89.6 Å². The second-order valence-corrected chi connectivity index (χ2v) is 10.2. The van der Waals surface area contributed by atoms with Gasteiger partial charge < -0.3 is 15.8 Å². The Bertz CT molecular complexity index is 1050. The molecule has 0 saturated carbocycles. The molecule has 5 atom stereocenters. The van der Waals surface area contributed by atoms with Gasteiger partial charge in [0.2, 0.25) is 0 Å². The number of nitrogens with zero attached hydrogens (tertiary/aromatic N) is 2. The first-order valence-corrected chi connectivity index (χ1v) is 11.8. The number of amidine groups is 1. The number of halogens is 4. The van der Waals surface area contributed by atoms with Crippen molar-refractivity contribution in [1.29, 1.82) is 0 Å². The van der Waals surface area contributed by atoms with Crippen molar-refractivity contribution in [2.24, 2.45) is 16.6 Å². The lowest BCUT2D eigenvalue weighted by Crippen LogP contribution is -2.68. The molecule has 2 aliphatic heterocycles. The second kappa shape index (κ2) is 8.18. The van der Waals surface area contributed by atoms with E-state index < -0.39 is 34.5 Å². The first kappa shape index (κ1) is 23.3. The molecule has 0 aromatic carbocycles. The predicted octanol–water partition coefficient (Wildman–Crippen LogP) is 3.83. The third-order valence-electron chi connectivity index (χ3n) is 6.08. The van der Waals surface area contributed by atoms with Crippen LogP contribution >= 0.6 is 27.7 Å². The van der Waals surface area contributed by atoms with Crippen LogP contribution in [0.3, 0.4) is 0 Å². The van der Waals surface area contributed by atoms with Gasteiger partial charge in [0, 0.05) is 23.8 Å². The summed E-state index contributed by atoms with van der Waals surface area (Å²) in [5.41, 5.74) is 0.748. The SMILES string of the molecule is C[C@H]1C[C@@]2(F)CSC(N)=N[C@@]2(C2C=C(NC(=O)c3ccc(F)c(Br)n3)C=CC2(C)F)CO1. The van der Waals surface area contributed by atoms with Crippen molar-refractivity contribution >= 4 is 38.8 Å². The number of allylic oxidation sites excluding steroid dienone is 2. The number of amides is 1. The minimum Gasteiger partial charge on any atom is -0.379 e. The number of pyridine rings is 1. The maximum absolute atomic E-state index is 16.3. The minimum absolute atomic E-state index is 0.0371. The largest absolute Gasteiger partial charge is 0.379 e. The van der Waals surface area contributed by atoms with E-state index in [-0.39, 0.29) is 46.0 Å². The molecule has 3 aliphatic rings. The van der Waals surface area contributed by atoms with Gasteiger partial charge in [-0.25, -0.2) is 23.1 Å². The lowest BCUT2D eigenvalue weighted by Gasteiger charge is -2.54. The van der Waals surface area contributed by atoms with E-state index in [1.807, 2.05) is 0 Å². The van der Waals surface area contributed by atoms with Crippen LogP contribution in [0.1, 0.15) is 30.8 Å². The molecule has 0 spiro atoms. The van der Waals surface area contributed by atoms with Crippen molar-refractivity contribution in [2.45, 2.75) is 43.2 Å². The molecular formula is C21H22BrF3N4O2S. The van der Waals surface area contributed by atoms with Gasteiger partial charge in [-0.2, -0.15) is 0 Å². The smallest absolute Gasteiger partial charge is 0.274 e. The normalized spacial score (nSPS) is 36.7. The molecular weight excluding hydrogens is 509 g/mol. The van der Waals surface area contributed by atoms with E-state index >= 15 is 8.78 Å². The number of hydrogen-bond acceptors (Lipinski definition) is 6. The minimum atomic E-state index is -1.97. The summed E-state index contributed by atoms with van der Waals surface area (Å²) in [7, 11) is 0. The molecule has 172 valence electrons. The van der Waals surface area contributed by atoms with Crippen LogP contribution in [0.5, 0.6) is 0 Å². The lowest BCUT2D eigenvalue weighted by atomic mass is 9.63. The summed E-state index contributed by atoms with van der Waals surface area (Å²) in [6.45, 7) is 2.96. The number of alkyl halides is 2. The summed E-state index contributed by atoms with van der Waals surface area (Å²) in [6.07, 6.45) is 3.83. The molecule has 3 heterocycles. The number of aromatic nitrogens is 1. The summed E-state index contributed by atoms with van der Waals surface area (Å²) in [4.78, 5) is 20.9. The van der Waals surface area contributed by atoms with Crippen molar-refractivity contribution in [2.75, 3.05) is 12.4 Å². The van der Waals surface area contributed by atoms with Gasteiger partial charge in [-0.3, -0.25) is 4.79 Å². The zero-order chi connectivity index (χ0) is 23.3. The highest BCUT2D eigenvalue weighted by atomic mass is 79.9. The summed E-state index contributed by atoms with van der Waals surface area (Å²) in [5.74, 6) is -2.29. The molecule has 1 aromatic rings. The standard InChI is InChI=1S/C21H22BrF3N4O2S/c1-11-8-20(25)10-32-18(26)29-21(20,9-31-11)15-7-12(5-6-19(15,2)24)27-17(30)14-4-3-13(23)16(22)28-14/h3-7,11,15H,8-10H2,1-2H3,(H2,26,29)(H,27,30)/t11-,15?,19?,20+,21+/m0/s1. The van der Waals surface area contributed by atoms with Gasteiger partial charge in [0.1, 0.15) is 21.5 Å². The Balaban J connectivity index is 1.70. The number of carbonyl (C=O) groups excluding carboxylic acids is 1. The molecule has 6 nitrogen and oxygen atoms in total. The Morgan fingerprint density at radius 2 is 2.16 bits per heavy atom. The zero-order valence-electron chi connectivity index (χ0n) is 17.4. The van der Waals surface area contributed by atoms with E-state index in [1.165, 1.54) is 31.2 Å². The molecule has 1 saturated heterocycles. The monoisotopic (exact) mass is 530 g/mol. The molecule has 32 heavy (non-hydrogen) atoms. The number of rotatable bonds is 3. The Morgan fingerprint density at radius 3 is 2.88 bits per heavy atom. The summed E-state index contributed by atoms with van der Waals surface area (Å²) >= 11 is 4.04. The Labute approximate surface area is 196 Å². The summed E-state index contributed by atoms with van der Waals surface area (Å²) < 4.78 is 51.2. The van der Waals surface area contributed by atoms with Crippen LogP contribution in [0.2, 0.25) is 0 Å². The molecule has 1 amide bonds. The fourth-order valence-corrected chi connectivity index (χ4v) is 5.74. The molecule has 3 N–H and O–H groups in total. The van der Waals surface area contributed by atoms with Crippen LogP contribution in [0.15, 0.2) is 45.7 Å². The first-order valence-electron chi connectivity index (χ1n) is 9.98. The van der Waals surface area contributed by atoms with Crippen LogP contribution in [0, 0.1) is 11.7 Å². The van der Waals surface area contributed by atoms with Crippen LogP contribution in [0.4, 0.5) is 13.2 Å². The number of hydrogen-bond donors (Lipinski definition) is 2. The van der Waals surface area contributed by atoms with Crippen LogP contribution in [-0.4, -0.2) is 51.4 Å². The number of carbonyl (C=O) groups is 1. The van der Waals surface area contributed by atoms with Crippen molar-refractivity contribution in [3.8, 4) is 0 Å². The average Bonchev–Trinajstić information content (AvgIpc) is 2.72. The van der Waals surface area contributed by atoms with Gasteiger partial charge >= 0.3 is 0 Å². The van der Waals surface area contributed by atoms with Crippen LogP contribution in [0.25, 0.3) is 0 Å². The Kier molecular flexibility index (Phi) is 5.96. The summed E-state index contributed by atoms with van der Waals surface area (Å²) in [6, 6.07) is 2.33. The maximum atomic E-state index is 16.3. The fraction of sp³-hybridized carbons (Fsp3) is 0.476. The van der Waals surface area contributed by atoms with Crippen molar-refractivity contribution in [3.05, 3.63) is 52.2 Å². The highest BCUT2D eigenvalue weighted by Gasteiger charge is 2.65. The third-order valence-corrected chi connectivity index (χ3v) is 7.63. The highest BCUT2D eigenvalue weighted by molar-refractivity contribution is 9.10. The molecule has 1 aliphatic carbocycles. The Hall–Kier alpha value is -1.85. The Morgan fingerprint density at radius 1 is 1.41 bits per heavy atom. The predicted molar refractivity (Wildman–Crippen MR) is 120 cm³/mol. The van der Waals surface area contributed by atoms with E-state index in [0.29, 0.717) is 0 Å². The van der Waals surface area contributed by atoms with E-state index in [2.05, 4.69) is 31.2 Å². The van der Waals surface area contributed by atoms with Gasteiger partial charge in [0.25, 0.3) is 5.91 Å². The molecule has 1 fully saturated rings. The number of fused-ring (bicyclic) bond motifs is 1. The van der Waals surface area contributed by atoms with Gasteiger partial charge in [-0.05, 0) is 54.1 Å². The number of nitrogens with two attached hydrogens (primary N) is 1. The van der Waals surface area contributed by atoms with Gasteiger partial charge in [0.15, 0.2) is 16.7 Å². The van der Waals surface area contributed by atoms with Crippen molar-refractivity contribution in [3.63, 3.8) is 0 Å². The van der Waals surface area contributed by atoms with E-state index in [4.69, 9.17) is 10.5 Å². The maximum Gasteiger partial charge on any atom is 0.274 e. The molecule has 0 radical (unpaired) electrons. The van der Waals surface area contributed by atoms with Gasteiger partial charge in [0.05, 0.1) is 12.7 Å². The number of ether oxygens (including phenoxy) is 1. The second-order valence-electron chi connectivity index (χ2n) is 8.46. The van der Waals surface area contributed by atoms with E-state index in [1.54, 1.807) is 6.92 Å². The molecule has 2 unspecified atom stereocenters. The highest BCUT2D eigenvalue weighted by Crippen LogP contribution is 2.53. The van der Waals surface area contributed by atoms with Crippen LogP contribution in [-0.2, 0) is 4.74 Å². The lowest BCUT2D eigenvalue weighted by molar-refractivity contribution is -0.131. The zero-order valence-corrected chi connectivity index (χ0v) is 19.8. The van der Waals surface area contributed by atoms with Crippen molar-refractivity contribution in [1.82, 2.24) is 10.3 Å². The van der Waals surface area contributed by atoms with E-state index in [9.17, 15) is 9.18 Å². The third kappa shape index (κ3) is 3.99. The average molecular weight is 531 g/mol. The molecule has 1 aromatic heterocycles. The number of nitrogens with one attached hydrogen (secondary N) is 1. The van der Waals surface area contributed by atoms with Gasteiger partial charge in [-0.1, -0.05) is 17.8 Å². The quantitative estimate of drug-likeness (QED) is 0.579. The fourth-order valence-electron chi connectivity index (χ4n) is 4.44. The van der Waals surface area contributed by atoms with Crippen molar-refractivity contribution < 1.29 is 22.7 Å². The first-order chi connectivity index (χ1) is 15.0. The molecule has 0 bridgehead atoms. The van der Waals surface area contributed by atoms with Gasteiger partial charge in [-0.15, -0.1) is 0 Å². The van der Waals surface area contributed by atoms with E-state index in [0.717, 1.165) is 17.8 Å². The van der Waals surface area contributed by atoms with Crippen LogP contribution < -0.4 is 11.1 Å². The summed E-state index contributed by atoms with van der Waals surface area (Å²) in [5, 5.41) is 2.80. The molecule has 4 rings (SSSR count). The molecule has 11 heteroatoms. The number of thioether (sulfide) groups is 1.